The van der Waals surface area contributed by atoms with Crippen molar-refractivity contribution in [3.63, 3.8) is 0 Å². The maximum Gasteiger partial charge on any atom is 0.246 e. The number of benzene rings is 1. The summed E-state index contributed by atoms with van der Waals surface area (Å²) in [7, 11) is 0. The molecule has 0 radical (unpaired) electrons. The largest absolute Gasteiger partial charge is 0.259 e. The summed E-state index contributed by atoms with van der Waals surface area (Å²) in [6, 6.07) is 7.63. The number of allylic oxidation sites excluding steroid dienone is 1. The molecular formula is C11H13NO2. The fourth-order valence-electron chi connectivity index (χ4n) is 1.21. The summed E-state index contributed by atoms with van der Waals surface area (Å²) in [5, 5.41) is 10.6. The predicted octanol–water partition coefficient (Wildman–Crippen LogP) is 3.02. The van der Waals surface area contributed by atoms with Crippen LogP contribution in [-0.4, -0.2) is 4.92 Å². The summed E-state index contributed by atoms with van der Waals surface area (Å²) in [6.45, 7) is 3.73. The van der Waals surface area contributed by atoms with Crippen LogP contribution in [0.4, 0.5) is 0 Å². The molecule has 0 aliphatic rings. The summed E-state index contributed by atoms with van der Waals surface area (Å²) < 4.78 is 0. The number of rotatable bonds is 3. The number of nitro groups is 1. The van der Waals surface area contributed by atoms with Gasteiger partial charge in [0.25, 0.3) is 0 Å². The fraction of sp³-hybridized carbons (Fsp3) is 0.273. The fourth-order valence-corrected chi connectivity index (χ4v) is 1.21. The molecule has 1 rings (SSSR count). The van der Waals surface area contributed by atoms with Crippen LogP contribution < -0.4 is 0 Å². The zero-order valence-electron chi connectivity index (χ0n) is 8.36. The first-order chi connectivity index (χ1) is 6.65. The van der Waals surface area contributed by atoms with Crippen LogP contribution in [0, 0.1) is 17.0 Å². The van der Waals surface area contributed by atoms with Crippen molar-refractivity contribution in [2.45, 2.75) is 20.3 Å². The number of nitrogens with zero attached hydrogens (tertiary/aromatic N) is 1. The van der Waals surface area contributed by atoms with E-state index in [0.717, 1.165) is 11.1 Å². The third kappa shape index (κ3) is 2.42. The highest BCUT2D eigenvalue weighted by Gasteiger charge is 2.07. The van der Waals surface area contributed by atoms with E-state index in [1.54, 1.807) is 13.0 Å². The Bertz CT molecular complexity index is 369. The molecule has 0 aliphatic heterocycles. The molecule has 1 aromatic rings. The molecule has 0 N–H and O–H groups in total. The first-order valence-electron chi connectivity index (χ1n) is 4.55. The van der Waals surface area contributed by atoms with Crippen molar-refractivity contribution < 1.29 is 4.92 Å². The first kappa shape index (κ1) is 10.4. The molecule has 0 aliphatic carbocycles. The Morgan fingerprint density at radius 2 is 2.14 bits per heavy atom. The third-order valence-electron chi connectivity index (χ3n) is 2.11. The minimum absolute atomic E-state index is 0.249. The standard InChI is InChI=1S/C11H13NO2/c1-3-11(12(13)14)8-10-7-5-4-6-9(10)2/h4-8H,3H2,1-2H3. The molecule has 3 nitrogen and oxygen atoms in total. The Morgan fingerprint density at radius 1 is 1.50 bits per heavy atom. The van der Waals surface area contributed by atoms with Gasteiger partial charge in [0.15, 0.2) is 0 Å². The quantitative estimate of drug-likeness (QED) is 0.544. The Hall–Kier alpha value is -1.64. The van der Waals surface area contributed by atoms with Gasteiger partial charge in [-0.2, -0.15) is 0 Å². The van der Waals surface area contributed by atoms with Gasteiger partial charge in [-0.05, 0) is 18.1 Å². The lowest BCUT2D eigenvalue weighted by Gasteiger charge is -1.99. The van der Waals surface area contributed by atoms with Crippen LogP contribution in [0.25, 0.3) is 6.08 Å². The summed E-state index contributed by atoms with van der Waals surface area (Å²) in [5.74, 6) is 0. The van der Waals surface area contributed by atoms with E-state index in [1.807, 2.05) is 31.2 Å². The van der Waals surface area contributed by atoms with Crippen LogP contribution in [0.2, 0.25) is 0 Å². The SMILES string of the molecule is CCC(=Cc1ccccc1C)[N+](=O)[O-]. The van der Waals surface area contributed by atoms with E-state index in [2.05, 4.69) is 0 Å². The second-order valence-corrected chi connectivity index (χ2v) is 3.10. The lowest BCUT2D eigenvalue weighted by molar-refractivity contribution is -0.425. The van der Waals surface area contributed by atoms with E-state index in [-0.39, 0.29) is 10.6 Å². The summed E-state index contributed by atoms with van der Waals surface area (Å²) in [4.78, 5) is 10.3. The normalized spacial score (nSPS) is 11.4. The number of hydrogen-bond acceptors (Lipinski definition) is 2. The highest BCUT2D eigenvalue weighted by Crippen LogP contribution is 2.13. The lowest BCUT2D eigenvalue weighted by Crippen LogP contribution is -1.97. The zero-order chi connectivity index (χ0) is 10.6. The Labute approximate surface area is 83.2 Å². The van der Waals surface area contributed by atoms with Crippen molar-refractivity contribution in [1.82, 2.24) is 0 Å². The average Bonchev–Trinajstić information content (AvgIpc) is 2.16. The smallest absolute Gasteiger partial charge is 0.246 e. The van der Waals surface area contributed by atoms with E-state index in [0.29, 0.717) is 6.42 Å². The minimum atomic E-state index is -0.327. The van der Waals surface area contributed by atoms with Crippen molar-refractivity contribution in [2.24, 2.45) is 0 Å². The molecule has 3 heteroatoms. The van der Waals surface area contributed by atoms with Gasteiger partial charge in [-0.1, -0.05) is 31.2 Å². The molecule has 0 bridgehead atoms. The van der Waals surface area contributed by atoms with Crippen LogP contribution in [0.1, 0.15) is 24.5 Å². The molecule has 1 aromatic carbocycles. The molecule has 74 valence electrons. The molecule has 0 saturated heterocycles. The van der Waals surface area contributed by atoms with Crippen LogP contribution in [0.15, 0.2) is 30.0 Å². The van der Waals surface area contributed by atoms with Crippen molar-refractivity contribution >= 4 is 6.08 Å². The molecule has 0 unspecified atom stereocenters. The molecule has 0 spiro atoms. The van der Waals surface area contributed by atoms with Crippen LogP contribution >= 0.6 is 0 Å². The topological polar surface area (TPSA) is 43.1 Å². The van der Waals surface area contributed by atoms with Crippen LogP contribution in [0.3, 0.4) is 0 Å². The molecule has 0 fully saturated rings. The van der Waals surface area contributed by atoms with Gasteiger partial charge in [-0.25, -0.2) is 0 Å². The van der Waals surface area contributed by atoms with Gasteiger partial charge < -0.3 is 0 Å². The maximum absolute atomic E-state index is 10.6. The zero-order valence-corrected chi connectivity index (χ0v) is 8.36. The van der Waals surface area contributed by atoms with Gasteiger partial charge in [-0.3, -0.25) is 10.1 Å². The molecule has 0 saturated carbocycles. The van der Waals surface area contributed by atoms with Crippen molar-refractivity contribution in [2.75, 3.05) is 0 Å². The molecular weight excluding hydrogens is 178 g/mol. The van der Waals surface area contributed by atoms with Crippen molar-refractivity contribution in [1.29, 1.82) is 0 Å². The first-order valence-corrected chi connectivity index (χ1v) is 4.55. The Kier molecular flexibility index (Phi) is 3.40. The van der Waals surface area contributed by atoms with Gasteiger partial charge in [0.1, 0.15) is 0 Å². The number of aryl methyl sites for hydroxylation is 1. The number of hydrogen-bond donors (Lipinski definition) is 0. The third-order valence-corrected chi connectivity index (χ3v) is 2.11. The van der Waals surface area contributed by atoms with Gasteiger partial charge in [0.2, 0.25) is 5.70 Å². The highest BCUT2D eigenvalue weighted by atomic mass is 16.6. The van der Waals surface area contributed by atoms with Gasteiger partial charge >= 0.3 is 0 Å². The second-order valence-electron chi connectivity index (χ2n) is 3.10. The minimum Gasteiger partial charge on any atom is -0.259 e. The second kappa shape index (κ2) is 4.56. The van der Waals surface area contributed by atoms with Crippen LogP contribution in [0.5, 0.6) is 0 Å². The van der Waals surface area contributed by atoms with Crippen molar-refractivity contribution in [3.8, 4) is 0 Å². The molecule has 0 heterocycles. The van der Waals surface area contributed by atoms with E-state index in [1.165, 1.54) is 0 Å². The van der Waals surface area contributed by atoms with E-state index in [4.69, 9.17) is 0 Å². The van der Waals surface area contributed by atoms with Crippen molar-refractivity contribution in [3.05, 3.63) is 51.2 Å². The predicted molar refractivity (Wildman–Crippen MR) is 56.4 cm³/mol. The lowest BCUT2D eigenvalue weighted by atomic mass is 10.1. The highest BCUT2D eigenvalue weighted by molar-refractivity contribution is 5.54. The van der Waals surface area contributed by atoms with E-state index < -0.39 is 0 Å². The van der Waals surface area contributed by atoms with Gasteiger partial charge in [0, 0.05) is 12.5 Å². The Balaban J connectivity index is 3.07. The Morgan fingerprint density at radius 3 is 2.64 bits per heavy atom. The van der Waals surface area contributed by atoms with E-state index >= 15 is 0 Å². The summed E-state index contributed by atoms with van der Waals surface area (Å²) in [5.41, 5.74) is 2.22. The maximum atomic E-state index is 10.6. The monoisotopic (exact) mass is 191 g/mol. The average molecular weight is 191 g/mol. The molecule has 0 amide bonds. The molecule has 0 aromatic heterocycles. The summed E-state index contributed by atoms with van der Waals surface area (Å²) >= 11 is 0. The van der Waals surface area contributed by atoms with E-state index in [9.17, 15) is 10.1 Å². The van der Waals surface area contributed by atoms with Gasteiger partial charge in [0.05, 0.1) is 4.92 Å². The molecule has 0 atom stereocenters. The van der Waals surface area contributed by atoms with Gasteiger partial charge in [-0.15, -0.1) is 0 Å². The van der Waals surface area contributed by atoms with Crippen LogP contribution in [-0.2, 0) is 0 Å². The molecule has 14 heavy (non-hydrogen) atoms. The summed E-state index contributed by atoms with van der Waals surface area (Å²) in [6.07, 6.45) is 2.08.